The molecule has 9 heteroatoms. The van der Waals surface area contributed by atoms with Crippen LogP contribution in [0.2, 0.25) is 0 Å². The van der Waals surface area contributed by atoms with Crippen LogP contribution in [-0.2, 0) is 18.0 Å². The summed E-state index contributed by atoms with van der Waals surface area (Å²) in [6, 6.07) is 0. The van der Waals surface area contributed by atoms with Crippen LogP contribution in [-0.4, -0.2) is 21.3 Å². The Balaban J connectivity index is 2.56. The van der Waals surface area contributed by atoms with Crippen molar-refractivity contribution in [3.63, 3.8) is 0 Å². The SMILES string of the molecule is CC1=CC[C@H](C)C(C)(C)[C@@H]1CC/C(C)=C/COP(=O)(O)OP(=O)(O)O. The Labute approximate surface area is 150 Å². The van der Waals surface area contributed by atoms with Crippen molar-refractivity contribution in [2.75, 3.05) is 6.61 Å². The highest BCUT2D eigenvalue weighted by Gasteiger charge is 2.37. The molecule has 1 aliphatic rings. The molecule has 0 aliphatic heterocycles. The number of phosphoric ester groups is 1. The molecule has 25 heavy (non-hydrogen) atoms. The lowest BCUT2D eigenvalue weighted by Crippen LogP contribution is -2.34. The molecular weight excluding hydrogens is 366 g/mol. The number of hydrogen-bond acceptors (Lipinski definition) is 4. The van der Waals surface area contributed by atoms with E-state index >= 15 is 0 Å². The first-order valence-corrected chi connectivity index (χ1v) is 11.3. The quantitative estimate of drug-likeness (QED) is 0.407. The first-order valence-electron chi connectivity index (χ1n) is 8.31. The molecular formula is C16H30O7P2. The molecule has 0 aromatic rings. The Morgan fingerprint density at radius 1 is 1.36 bits per heavy atom. The summed E-state index contributed by atoms with van der Waals surface area (Å²) in [5, 5.41) is 0. The minimum Gasteiger partial charge on any atom is -0.302 e. The Kier molecular flexibility index (Phi) is 7.85. The highest BCUT2D eigenvalue weighted by atomic mass is 31.3. The van der Waals surface area contributed by atoms with Crippen molar-refractivity contribution < 1.29 is 32.6 Å². The topological polar surface area (TPSA) is 113 Å². The number of phosphoric acid groups is 2. The summed E-state index contributed by atoms with van der Waals surface area (Å²) in [4.78, 5) is 26.3. The maximum Gasteiger partial charge on any atom is 0.481 e. The molecule has 0 saturated carbocycles. The molecule has 7 nitrogen and oxygen atoms in total. The van der Waals surface area contributed by atoms with E-state index in [-0.39, 0.29) is 12.0 Å². The summed E-state index contributed by atoms with van der Waals surface area (Å²) in [5.41, 5.74) is 2.60. The van der Waals surface area contributed by atoms with Gasteiger partial charge >= 0.3 is 15.6 Å². The van der Waals surface area contributed by atoms with Crippen LogP contribution in [0.4, 0.5) is 0 Å². The highest BCUT2D eigenvalue weighted by Crippen LogP contribution is 2.57. The van der Waals surface area contributed by atoms with Crippen LogP contribution in [0.25, 0.3) is 0 Å². The fourth-order valence-corrected chi connectivity index (χ4v) is 4.77. The predicted molar refractivity (Wildman–Crippen MR) is 96.7 cm³/mol. The monoisotopic (exact) mass is 396 g/mol. The molecule has 0 radical (unpaired) electrons. The maximum atomic E-state index is 11.4. The highest BCUT2D eigenvalue weighted by molar-refractivity contribution is 7.60. The van der Waals surface area contributed by atoms with E-state index in [4.69, 9.17) is 9.79 Å². The summed E-state index contributed by atoms with van der Waals surface area (Å²) in [5.74, 6) is 1.08. The van der Waals surface area contributed by atoms with Crippen LogP contribution in [0.15, 0.2) is 23.3 Å². The van der Waals surface area contributed by atoms with Crippen molar-refractivity contribution in [1.82, 2.24) is 0 Å². The molecule has 1 aliphatic carbocycles. The normalized spacial score (nSPS) is 26.9. The van der Waals surface area contributed by atoms with Crippen LogP contribution in [0.3, 0.4) is 0 Å². The van der Waals surface area contributed by atoms with E-state index < -0.39 is 15.6 Å². The molecule has 1 unspecified atom stereocenters. The number of allylic oxidation sites excluding steroid dienone is 3. The summed E-state index contributed by atoms with van der Waals surface area (Å²) < 4.78 is 30.2. The minimum absolute atomic E-state index is 0.216. The van der Waals surface area contributed by atoms with Crippen molar-refractivity contribution in [2.45, 2.75) is 53.9 Å². The van der Waals surface area contributed by atoms with E-state index in [0.717, 1.165) is 24.8 Å². The van der Waals surface area contributed by atoms with Crippen molar-refractivity contribution in [3.05, 3.63) is 23.3 Å². The van der Waals surface area contributed by atoms with Gasteiger partial charge in [-0.25, -0.2) is 9.13 Å². The van der Waals surface area contributed by atoms with E-state index in [9.17, 15) is 14.0 Å². The van der Waals surface area contributed by atoms with Gasteiger partial charge in [0.2, 0.25) is 0 Å². The van der Waals surface area contributed by atoms with Crippen molar-refractivity contribution >= 4 is 15.6 Å². The van der Waals surface area contributed by atoms with Gasteiger partial charge in [0.25, 0.3) is 0 Å². The lowest BCUT2D eigenvalue weighted by molar-refractivity contribution is 0.131. The Morgan fingerprint density at radius 3 is 2.52 bits per heavy atom. The Hall–Kier alpha value is -0.260. The average Bonchev–Trinajstić information content (AvgIpc) is 2.40. The van der Waals surface area contributed by atoms with E-state index in [0.29, 0.717) is 11.8 Å². The maximum absolute atomic E-state index is 11.4. The van der Waals surface area contributed by atoms with Gasteiger partial charge in [0.05, 0.1) is 6.61 Å². The largest absolute Gasteiger partial charge is 0.481 e. The van der Waals surface area contributed by atoms with Gasteiger partial charge in [-0.3, -0.25) is 4.52 Å². The molecule has 0 heterocycles. The lowest BCUT2D eigenvalue weighted by atomic mass is 9.61. The average molecular weight is 396 g/mol. The third-order valence-electron chi connectivity index (χ3n) is 5.22. The van der Waals surface area contributed by atoms with Crippen LogP contribution in [0.1, 0.15) is 53.9 Å². The Bertz CT molecular complexity index is 618. The molecule has 1 rings (SSSR count). The molecule has 3 atom stereocenters. The van der Waals surface area contributed by atoms with Crippen LogP contribution >= 0.6 is 15.6 Å². The van der Waals surface area contributed by atoms with E-state index in [1.54, 1.807) is 6.08 Å². The summed E-state index contributed by atoms with van der Waals surface area (Å²) >= 11 is 0. The van der Waals surface area contributed by atoms with Gasteiger partial charge in [0.1, 0.15) is 0 Å². The van der Waals surface area contributed by atoms with E-state index in [2.05, 4.69) is 42.6 Å². The molecule has 0 saturated heterocycles. The van der Waals surface area contributed by atoms with Crippen LogP contribution in [0, 0.1) is 17.3 Å². The summed E-state index contributed by atoms with van der Waals surface area (Å²) in [6.07, 6.45) is 6.82. The fourth-order valence-electron chi connectivity index (χ4n) is 3.24. The number of rotatable bonds is 8. The first kappa shape index (κ1) is 22.8. The van der Waals surface area contributed by atoms with Gasteiger partial charge in [0.15, 0.2) is 0 Å². The summed E-state index contributed by atoms with van der Waals surface area (Å²) in [7, 11) is -9.85. The Morgan fingerprint density at radius 2 is 1.96 bits per heavy atom. The van der Waals surface area contributed by atoms with Gasteiger partial charge in [-0.15, -0.1) is 0 Å². The minimum atomic E-state index is -5.07. The van der Waals surface area contributed by atoms with Gasteiger partial charge in [-0.05, 0) is 50.4 Å². The second kappa shape index (κ2) is 8.62. The third-order valence-corrected chi connectivity index (χ3v) is 7.37. The standard InChI is InChI=1S/C16H30O7P2/c1-12(10-11-22-25(20,21)23-24(17,18)19)6-9-15-13(2)7-8-14(3)16(15,4)5/h7,10,14-15H,6,8-9,11H2,1-5H3,(H,20,21)(H2,17,18,19)/b12-10+/t14-,15+/m0/s1. The summed E-state index contributed by atoms with van der Waals surface area (Å²) in [6.45, 7) is 10.7. The third kappa shape index (κ3) is 7.48. The van der Waals surface area contributed by atoms with Gasteiger partial charge in [-0.1, -0.05) is 44.1 Å². The molecule has 0 bridgehead atoms. The zero-order chi connectivity index (χ0) is 19.5. The molecule has 0 aromatic heterocycles. The zero-order valence-electron chi connectivity index (χ0n) is 15.5. The molecule has 0 spiro atoms. The van der Waals surface area contributed by atoms with Crippen molar-refractivity contribution in [2.24, 2.45) is 17.3 Å². The second-order valence-electron chi connectivity index (χ2n) is 7.38. The van der Waals surface area contributed by atoms with Crippen molar-refractivity contribution in [1.29, 1.82) is 0 Å². The zero-order valence-corrected chi connectivity index (χ0v) is 17.3. The lowest BCUT2D eigenvalue weighted by Gasteiger charge is -2.43. The molecule has 0 aromatic carbocycles. The number of hydrogen-bond donors (Lipinski definition) is 3. The smallest absolute Gasteiger partial charge is 0.302 e. The molecule has 3 N–H and O–H groups in total. The van der Waals surface area contributed by atoms with Crippen LogP contribution < -0.4 is 0 Å². The molecule has 0 fully saturated rings. The first-order chi connectivity index (χ1) is 11.2. The van der Waals surface area contributed by atoms with E-state index in [1.165, 1.54) is 5.57 Å². The second-order valence-corrected chi connectivity index (χ2v) is 10.2. The molecule has 146 valence electrons. The fraction of sp³-hybridized carbons (Fsp3) is 0.750. The van der Waals surface area contributed by atoms with Gasteiger partial charge in [0, 0.05) is 0 Å². The van der Waals surface area contributed by atoms with Gasteiger partial charge < -0.3 is 14.7 Å². The van der Waals surface area contributed by atoms with E-state index in [1.807, 2.05) is 6.92 Å². The van der Waals surface area contributed by atoms with Crippen molar-refractivity contribution in [3.8, 4) is 0 Å². The van der Waals surface area contributed by atoms with Gasteiger partial charge in [-0.2, -0.15) is 4.31 Å². The predicted octanol–water partition coefficient (Wildman–Crippen LogP) is 4.57. The molecule has 0 amide bonds. The van der Waals surface area contributed by atoms with Crippen LogP contribution in [0.5, 0.6) is 0 Å².